The first-order chi connectivity index (χ1) is 8.08. The van der Waals surface area contributed by atoms with Crippen LogP contribution >= 0.6 is 11.8 Å². The molecule has 0 fully saturated rings. The zero-order valence-electron chi connectivity index (χ0n) is 9.59. The standard InChI is InChI=1S/C11H13FN4S/c1-7(13)9-5-8(12)3-4-10(9)17-11-14-6-15-16(11)2/h3-7H,13H2,1-2H3. The van der Waals surface area contributed by atoms with Crippen molar-refractivity contribution in [3.05, 3.63) is 35.9 Å². The van der Waals surface area contributed by atoms with Gasteiger partial charge in [-0.2, -0.15) is 5.10 Å². The van der Waals surface area contributed by atoms with Gasteiger partial charge in [-0.15, -0.1) is 0 Å². The first-order valence-corrected chi connectivity index (χ1v) is 5.96. The molecule has 1 aromatic heterocycles. The zero-order chi connectivity index (χ0) is 12.4. The van der Waals surface area contributed by atoms with Gasteiger partial charge in [0.05, 0.1) is 0 Å². The van der Waals surface area contributed by atoms with Crippen molar-refractivity contribution in [2.75, 3.05) is 0 Å². The fourth-order valence-electron chi connectivity index (χ4n) is 1.44. The number of hydrogen-bond acceptors (Lipinski definition) is 4. The van der Waals surface area contributed by atoms with Crippen LogP contribution in [0.25, 0.3) is 0 Å². The maximum Gasteiger partial charge on any atom is 0.190 e. The number of nitrogens with two attached hydrogens (primary N) is 1. The van der Waals surface area contributed by atoms with Gasteiger partial charge in [-0.25, -0.2) is 14.1 Å². The van der Waals surface area contributed by atoms with Crippen molar-refractivity contribution in [2.45, 2.75) is 23.0 Å². The number of aromatic nitrogens is 3. The van der Waals surface area contributed by atoms with E-state index in [2.05, 4.69) is 10.1 Å². The second kappa shape index (κ2) is 4.85. The fraction of sp³-hybridized carbons (Fsp3) is 0.273. The fourth-order valence-corrected chi connectivity index (χ4v) is 2.42. The van der Waals surface area contributed by atoms with Gasteiger partial charge >= 0.3 is 0 Å². The lowest BCUT2D eigenvalue weighted by molar-refractivity contribution is 0.619. The Hall–Kier alpha value is -1.40. The van der Waals surface area contributed by atoms with E-state index in [1.165, 1.54) is 30.2 Å². The maximum absolute atomic E-state index is 13.2. The highest BCUT2D eigenvalue weighted by Crippen LogP contribution is 2.31. The Morgan fingerprint density at radius 1 is 1.47 bits per heavy atom. The van der Waals surface area contributed by atoms with Crippen molar-refractivity contribution in [3.8, 4) is 0 Å². The van der Waals surface area contributed by atoms with E-state index in [0.29, 0.717) is 0 Å². The van der Waals surface area contributed by atoms with Crippen molar-refractivity contribution in [3.63, 3.8) is 0 Å². The summed E-state index contributed by atoms with van der Waals surface area (Å²) >= 11 is 1.43. The van der Waals surface area contributed by atoms with E-state index in [4.69, 9.17) is 5.73 Å². The van der Waals surface area contributed by atoms with Crippen LogP contribution in [0.3, 0.4) is 0 Å². The average Bonchev–Trinajstić information content (AvgIpc) is 2.67. The molecule has 1 aromatic carbocycles. The molecule has 0 saturated carbocycles. The highest BCUT2D eigenvalue weighted by molar-refractivity contribution is 7.99. The predicted molar refractivity (Wildman–Crippen MR) is 64.1 cm³/mol. The Labute approximate surface area is 103 Å². The van der Waals surface area contributed by atoms with E-state index < -0.39 is 0 Å². The molecule has 4 nitrogen and oxygen atoms in total. The number of hydrogen-bond donors (Lipinski definition) is 1. The average molecular weight is 252 g/mol. The summed E-state index contributed by atoms with van der Waals surface area (Å²) in [6.45, 7) is 1.83. The molecule has 17 heavy (non-hydrogen) atoms. The van der Waals surface area contributed by atoms with Crippen LogP contribution < -0.4 is 5.73 Å². The van der Waals surface area contributed by atoms with Crippen LogP contribution in [-0.2, 0) is 7.05 Å². The van der Waals surface area contributed by atoms with Crippen LogP contribution in [0.4, 0.5) is 4.39 Å². The highest BCUT2D eigenvalue weighted by atomic mass is 32.2. The smallest absolute Gasteiger partial charge is 0.190 e. The summed E-state index contributed by atoms with van der Waals surface area (Å²) in [5, 5.41) is 4.73. The molecule has 6 heteroatoms. The number of nitrogens with zero attached hydrogens (tertiary/aromatic N) is 3. The van der Waals surface area contributed by atoms with E-state index in [0.717, 1.165) is 15.6 Å². The van der Waals surface area contributed by atoms with Gasteiger partial charge < -0.3 is 5.73 Å². The molecule has 0 aliphatic heterocycles. The molecular weight excluding hydrogens is 239 g/mol. The van der Waals surface area contributed by atoms with Gasteiger partial charge in [0.25, 0.3) is 0 Å². The lowest BCUT2D eigenvalue weighted by Crippen LogP contribution is -2.07. The molecular formula is C11H13FN4S. The summed E-state index contributed by atoms with van der Waals surface area (Å²) in [4.78, 5) is 5.01. The lowest BCUT2D eigenvalue weighted by Gasteiger charge is -2.11. The van der Waals surface area contributed by atoms with Crippen LogP contribution in [-0.4, -0.2) is 14.8 Å². The Morgan fingerprint density at radius 3 is 2.82 bits per heavy atom. The summed E-state index contributed by atoms with van der Waals surface area (Å²) in [6, 6.07) is 4.38. The molecule has 0 aliphatic carbocycles. The predicted octanol–water partition coefficient (Wildman–Crippen LogP) is 2.13. The third-order valence-electron chi connectivity index (χ3n) is 2.33. The molecule has 1 unspecified atom stereocenters. The SMILES string of the molecule is CC(N)c1cc(F)ccc1Sc1ncnn1C. The second-order valence-electron chi connectivity index (χ2n) is 3.74. The van der Waals surface area contributed by atoms with Crippen molar-refractivity contribution in [1.29, 1.82) is 0 Å². The third-order valence-corrected chi connectivity index (χ3v) is 3.48. The van der Waals surface area contributed by atoms with Crippen molar-refractivity contribution >= 4 is 11.8 Å². The van der Waals surface area contributed by atoms with Gasteiger partial charge in [-0.1, -0.05) is 0 Å². The third kappa shape index (κ3) is 2.65. The molecule has 0 amide bonds. The first-order valence-electron chi connectivity index (χ1n) is 5.15. The van der Waals surface area contributed by atoms with Gasteiger partial charge in [0.15, 0.2) is 5.16 Å². The van der Waals surface area contributed by atoms with Crippen molar-refractivity contribution in [1.82, 2.24) is 14.8 Å². The maximum atomic E-state index is 13.2. The molecule has 90 valence electrons. The quantitative estimate of drug-likeness (QED) is 0.909. The molecule has 0 aliphatic rings. The van der Waals surface area contributed by atoms with E-state index in [-0.39, 0.29) is 11.9 Å². The number of aryl methyl sites for hydroxylation is 1. The minimum absolute atomic E-state index is 0.221. The largest absolute Gasteiger partial charge is 0.324 e. The number of rotatable bonds is 3. The molecule has 1 atom stereocenters. The molecule has 0 bridgehead atoms. The van der Waals surface area contributed by atoms with Crippen LogP contribution in [0.5, 0.6) is 0 Å². The molecule has 0 saturated heterocycles. The second-order valence-corrected chi connectivity index (χ2v) is 4.75. The van der Waals surface area contributed by atoms with E-state index in [1.807, 2.05) is 14.0 Å². The normalized spacial score (nSPS) is 12.7. The molecule has 2 N–H and O–H groups in total. The Kier molecular flexibility index (Phi) is 3.44. The summed E-state index contributed by atoms with van der Waals surface area (Å²) in [5.41, 5.74) is 6.60. The summed E-state index contributed by atoms with van der Waals surface area (Å²) in [6.07, 6.45) is 1.48. The molecule has 0 radical (unpaired) electrons. The van der Waals surface area contributed by atoms with Gasteiger partial charge in [0.1, 0.15) is 12.1 Å². The van der Waals surface area contributed by atoms with Crippen LogP contribution in [0, 0.1) is 5.82 Å². The van der Waals surface area contributed by atoms with Crippen molar-refractivity contribution < 1.29 is 4.39 Å². The van der Waals surface area contributed by atoms with Crippen LogP contribution in [0.15, 0.2) is 34.6 Å². The monoisotopic (exact) mass is 252 g/mol. The highest BCUT2D eigenvalue weighted by Gasteiger charge is 2.12. The van der Waals surface area contributed by atoms with E-state index >= 15 is 0 Å². The zero-order valence-corrected chi connectivity index (χ0v) is 10.4. The minimum Gasteiger partial charge on any atom is -0.324 e. The lowest BCUT2D eigenvalue weighted by atomic mass is 10.1. The molecule has 0 spiro atoms. The molecule has 2 rings (SSSR count). The Morgan fingerprint density at radius 2 is 2.24 bits per heavy atom. The van der Waals surface area contributed by atoms with Crippen LogP contribution in [0.2, 0.25) is 0 Å². The van der Waals surface area contributed by atoms with Gasteiger partial charge in [-0.05, 0) is 42.4 Å². The summed E-state index contributed by atoms with van der Waals surface area (Å²) < 4.78 is 14.8. The number of halogens is 1. The van der Waals surface area contributed by atoms with E-state index in [1.54, 1.807) is 10.7 Å². The summed E-state index contributed by atoms with van der Waals surface area (Å²) in [7, 11) is 1.81. The molecule has 1 heterocycles. The van der Waals surface area contributed by atoms with Gasteiger partial charge in [0, 0.05) is 18.0 Å². The Balaban J connectivity index is 2.36. The van der Waals surface area contributed by atoms with Gasteiger partial charge in [-0.3, -0.25) is 0 Å². The van der Waals surface area contributed by atoms with Crippen molar-refractivity contribution in [2.24, 2.45) is 12.8 Å². The first kappa shape index (κ1) is 12.1. The molecule has 2 aromatic rings. The topological polar surface area (TPSA) is 56.7 Å². The minimum atomic E-state index is -0.278. The van der Waals surface area contributed by atoms with Crippen LogP contribution in [0.1, 0.15) is 18.5 Å². The number of benzene rings is 1. The van der Waals surface area contributed by atoms with Gasteiger partial charge in [0.2, 0.25) is 0 Å². The Bertz CT molecular complexity index is 524. The van der Waals surface area contributed by atoms with E-state index in [9.17, 15) is 4.39 Å². The summed E-state index contributed by atoms with van der Waals surface area (Å²) in [5.74, 6) is -0.278.